The average Bonchev–Trinajstić information content (AvgIpc) is 3.01. The second-order valence-electron chi connectivity index (χ2n) is 6.76. The minimum absolute atomic E-state index is 0.104. The van der Waals surface area contributed by atoms with E-state index in [4.69, 9.17) is 9.47 Å². The van der Waals surface area contributed by atoms with Crippen LogP contribution in [0.25, 0.3) is 6.08 Å². The molecule has 0 atom stereocenters. The number of ether oxygens (including phenoxy) is 2. The van der Waals surface area contributed by atoms with Crippen LogP contribution in [0.15, 0.2) is 59.2 Å². The summed E-state index contributed by atoms with van der Waals surface area (Å²) in [6.45, 7) is 5.85. The van der Waals surface area contributed by atoms with E-state index in [0.29, 0.717) is 23.7 Å². The largest absolute Gasteiger partial charge is 0.490 e. The van der Waals surface area contributed by atoms with Gasteiger partial charge >= 0.3 is 6.18 Å². The first-order valence-electron chi connectivity index (χ1n) is 9.41. The molecule has 1 heterocycles. The fourth-order valence-corrected chi connectivity index (χ4v) is 2.90. The summed E-state index contributed by atoms with van der Waals surface area (Å²) in [6.07, 6.45) is -3.72. The van der Waals surface area contributed by atoms with Gasteiger partial charge in [0.1, 0.15) is 0 Å². The van der Waals surface area contributed by atoms with Crippen LogP contribution in [-0.4, -0.2) is 30.5 Å². The molecule has 0 radical (unpaired) electrons. The quantitative estimate of drug-likeness (QED) is 0.605. The summed E-state index contributed by atoms with van der Waals surface area (Å²) in [5.41, 5.74) is -1.16. The molecule has 8 heteroatoms. The van der Waals surface area contributed by atoms with Gasteiger partial charge < -0.3 is 9.47 Å². The van der Waals surface area contributed by atoms with Gasteiger partial charge in [-0.25, -0.2) is 0 Å². The third-order valence-corrected chi connectivity index (χ3v) is 4.09. The van der Waals surface area contributed by atoms with Crippen LogP contribution in [0, 0.1) is 0 Å². The van der Waals surface area contributed by atoms with E-state index in [0.717, 1.165) is 5.01 Å². The number of benzene rings is 2. The first-order chi connectivity index (χ1) is 14.2. The van der Waals surface area contributed by atoms with E-state index >= 15 is 0 Å². The number of para-hydroxylation sites is 1. The standard InChI is InChI=1S/C22H21F3N2O3/c1-4-29-19-13-15(10-11-18(19)30-14(2)3)12-17-20(22(23,24)25)26-27(21(17)28)16-8-6-5-7-9-16/h5-14H,4H2,1-3H3/b17-12-. The molecule has 0 unspecified atom stereocenters. The molecule has 0 aromatic heterocycles. The monoisotopic (exact) mass is 418 g/mol. The van der Waals surface area contributed by atoms with Crippen molar-refractivity contribution in [2.24, 2.45) is 5.10 Å². The molecule has 0 spiro atoms. The lowest BCUT2D eigenvalue weighted by molar-refractivity contribution is -0.114. The molecule has 0 bridgehead atoms. The Bertz CT molecular complexity index is 983. The Kier molecular flexibility index (Phi) is 6.14. The zero-order valence-corrected chi connectivity index (χ0v) is 16.7. The van der Waals surface area contributed by atoms with Crippen molar-refractivity contribution in [3.8, 4) is 11.5 Å². The summed E-state index contributed by atoms with van der Waals surface area (Å²) >= 11 is 0. The fraction of sp³-hybridized carbons (Fsp3) is 0.273. The van der Waals surface area contributed by atoms with Crippen molar-refractivity contribution in [3.63, 3.8) is 0 Å². The number of hydrazone groups is 1. The molecule has 0 saturated heterocycles. The Morgan fingerprint density at radius 3 is 2.40 bits per heavy atom. The number of alkyl halides is 3. The topological polar surface area (TPSA) is 51.1 Å². The lowest BCUT2D eigenvalue weighted by atomic mass is 10.1. The molecular weight excluding hydrogens is 397 g/mol. The Morgan fingerprint density at radius 2 is 1.80 bits per heavy atom. The maximum absolute atomic E-state index is 13.6. The van der Waals surface area contributed by atoms with Crippen molar-refractivity contribution >= 4 is 23.4 Å². The lowest BCUT2D eigenvalue weighted by Crippen LogP contribution is -2.25. The highest BCUT2D eigenvalue weighted by atomic mass is 19.4. The van der Waals surface area contributed by atoms with Crippen LogP contribution in [0.1, 0.15) is 26.3 Å². The number of anilines is 1. The third kappa shape index (κ3) is 4.64. The van der Waals surface area contributed by atoms with Gasteiger partial charge in [0.15, 0.2) is 17.2 Å². The average molecular weight is 418 g/mol. The van der Waals surface area contributed by atoms with Crippen molar-refractivity contribution in [3.05, 3.63) is 59.7 Å². The summed E-state index contributed by atoms with van der Waals surface area (Å²) in [4.78, 5) is 12.8. The summed E-state index contributed by atoms with van der Waals surface area (Å²) in [6, 6.07) is 12.7. The van der Waals surface area contributed by atoms with E-state index < -0.39 is 23.4 Å². The van der Waals surface area contributed by atoms with Gasteiger partial charge in [0.05, 0.1) is 24.0 Å². The molecular formula is C22H21F3N2O3. The van der Waals surface area contributed by atoms with Crippen LogP contribution < -0.4 is 14.5 Å². The number of hydrogen-bond donors (Lipinski definition) is 0. The highest BCUT2D eigenvalue weighted by molar-refractivity contribution is 6.34. The SMILES string of the molecule is CCOc1cc(/C=C2\C(=O)N(c3ccccc3)N=C2C(F)(F)F)ccc1OC(C)C. The van der Waals surface area contributed by atoms with Crippen LogP contribution in [0.3, 0.4) is 0 Å². The van der Waals surface area contributed by atoms with Gasteiger partial charge in [-0.1, -0.05) is 24.3 Å². The first-order valence-corrected chi connectivity index (χ1v) is 9.41. The molecule has 5 nitrogen and oxygen atoms in total. The number of amides is 1. The second kappa shape index (κ2) is 8.61. The van der Waals surface area contributed by atoms with Gasteiger partial charge in [0, 0.05) is 0 Å². The van der Waals surface area contributed by atoms with Gasteiger partial charge in [0.25, 0.3) is 5.91 Å². The zero-order chi connectivity index (χ0) is 21.9. The van der Waals surface area contributed by atoms with E-state index in [9.17, 15) is 18.0 Å². The zero-order valence-electron chi connectivity index (χ0n) is 16.7. The predicted octanol–water partition coefficient (Wildman–Crippen LogP) is 5.22. The molecule has 1 aliphatic heterocycles. The van der Waals surface area contributed by atoms with Gasteiger partial charge in [-0.05, 0) is 56.7 Å². The number of nitrogens with zero attached hydrogens (tertiary/aromatic N) is 2. The maximum Gasteiger partial charge on any atom is 0.435 e. The molecule has 0 saturated carbocycles. The van der Waals surface area contributed by atoms with Crippen LogP contribution in [0.5, 0.6) is 11.5 Å². The van der Waals surface area contributed by atoms with Crippen LogP contribution in [-0.2, 0) is 4.79 Å². The summed E-state index contributed by atoms with van der Waals surface area (Å²) in [7, 11) is 0. The summed E-state index contributed by atoms with van der Waals surface area (Å²) in [5, 5.41) is 4.31. The fourth-order valence-electron chi connectivity index (χ4n) is 2.90. The second-order valence-corrected chi connectivity index (χ2v) is 6.76. The summed E-state index contributed by atoms with van der Waals surface area (Å²) in [5.74, 6) is 0.00720. The van der Waals surface area contributed by atoms with Gasteiger partial charge in [-0.15, -0.1) is 0 Å². The normalized spacial score (nSPS) is 15.7. The minimum atomic E-state index is -4.78. The van der Waals surface area contributed by atoms with Crippen LogP contribution >= 0.6 is 0 Å². The Hall–Kier alpha value is -3.29. The van der Waals surface area contributed by atoms with E-state index in [1.165, 1.54) is 18.2 Å². The van der Waals surface area contributed by atoms with Crippen LogP contribution in [0.4, 0.5) is 18.9 Å². The van der Waals surface area contributed by atoms with Gasteiger partial charge in [-0.2, -0.15) is 23.3 Å². The Labute approximate surface area is 172 Å². The molecule has 158 valence electrons. The maximum atomic E-state index is 13.6. The highest BCUT2D eigenvalue weighted by Gasteiger charge is 2.46. The number of halogens is 3. The van der Waals surface area contributed by atoms with Crippen LogP contribution in [0.2, 0.25) is 0 Å². The molecule has 2 aromatic carbocycles. The smallest absolute Gasteiger partial charge is 0.435 e. The number of carbonyl (C=O) groups is 1. The van der Waals surface area contributed by atoms with Gasteiger partial charge in [-0.3, -0.25) is 4.79 Å². The molecule has 2 aromatic rings. The number of carbonyl (C=O) groups excluding carboxylic acids is 1. The Morgan fingerprint density at radius 1 is 1.10 bits per heavy atom. The molecule has 0 N–H and O–H groups in total. The van der Waals surface area contributed by atoms with E-state index in [-0.39, 0.29) is 11.8 Å². The van der Waals surface area contributed by atoms with Crippen molar-refractivity contribution in [1.29, 1.82) is 0 Å². The van der Waals surface area contributed by atoms with E-state index in [2.05, 4.69) is 5.10 Å². The molecule has 0 fully saturated rings. The van der Waals surface area contributed by atoms with E-state index in [1.54, 1.807) is 43.3 Å². The third-order valence-electron chi connectivity index (χ3n) is 4.09. The first kappa shape index (κ1) is 21.4. The number of hydrogen-bond acceptors (Lipinski definition) is 4. The number of rotatable bonds is 6. The molecule has 1 amide bonds. The lowest BCUT2D eigenvalue weighted by Gasteiger charge is -2.15. The van der Waals surface area contributed by atoms with E-state index in [1.807, 2.05) is 13.8 Å². The minimum Gasteiger partial charge on any atom is -0.490 e. The molecule has 30 heavy (non-hydrogen) atoms. The van der Waals surface area contributed by atoms with Crippen molar-refractivity contribution in [2.45, 2.75) is 33.1 Å². The van der Waals surface area contributed by atoms with Crippen molar-refractivity contribution in [2.75, 3.05) is 11.6 Å². The molecule has 1 aliphatic rings. The summed E-state index contributed by atoms with van der Waals surface area (Å²) < 4.78 is 52.0. The molecule has 0 aliphatic carbocycles. The van der Waals surface area contributed by atoms with Crippen molar-refractivity contribution < 1.29 is 27.4 Å². The predicted molar refractivity (Wildman–Crippen MR) is 109 cm³/mol. The molecule has 3 rings (SSSR count). The highest BCUT2D eigenvalue weighted by Crippen LogP contribution is 2.34. The Balaban J connectivity index is 2.03. The van der Waals surface area contributed by atoms with Gasteiger partial charge in [0.2, 0.25) is 0 Å². The van der Waals surface area contributed by atoms with Crippen molar-refractivity contribution in [1.82, 2.24) is 0 Å².